The monoisotopic (exact) mass is 310 g/mol. The molecule has 7 nitrogen and oxygen atoms in total. The van der Waals surface area contributed by atoms with Crippen LogP contribution in [0.4, 0.5) is 5.69 Å². The lowest BCUT2D eigenvalue weighted by atomic mass is 10.4. The van der Waals surface area contributed by atoms with Crippen molar-refractivity contribution in [3.05, 3.63) is 30.4 Å². The van der Waals surface area contributed by atoms with Crippen LogP contribution in [0, 0.1) is 0 Å². The van der Waals surface area contributed by atoms with Crippen molar-refractivity contribution in [2.45, 2.75) is 43.9 Å². The molecule has 2 aromatic heterocycles. The van der Waals surface area contributed by atoms with Gasteiger partial charge in [-0.25, -0.2) is 8.42 Å². The first kappa shape index (κ1) is 14.2. The van der Waals surface area contributed by atoms with Crippen LogP contribution < -0.4 is 4.72 Å². The van der Waals surface area contributed by atoms with Gasteiger partial charge < -0.3 is 9.67 Å². The molecule has 1 fully saturated rings. The first-order chi connectivity index (χ1) is 10.0. The molecule has 114 valence electrons. The molecular weight excluding hydrogens is 292 g/mol. The summed E-state index contributed by atoms with van der Waals surface area (Å²) in [7, 11) is -3.66. The first-order valence-electron chi connectivity index (χ1n) is 6.90. The molecule has 2 N–H and O–H groups in total. The molecule has 3 rings (SSSR count). The van der Waals surface area contributed by atoms with Gasteiger partial charge in [-0.2, -0.15) is 5.10 Å². The second-order valence-electron chi connectivity index (χ2n) is 5.15. The fourth-order valence-corrected chi connectivity index (χ4v) is 3.34. The third kappa shape index (κ3) is 2.81. The summed E-state index contributed by atoms with van der Waals surface area (Å²) in [6, 6.07) is 1.84. The van der Waals surface area contributed by atoms with E-state index in [9.17, 15) is 13.5 Å². The average Bonchev–Trinajstić information content (AvgIpc) is 3.04. The van der Waals surface area contributed by atoms with Gasteiger partial charge in [-0.05, 0) is 25.8 Å². The fourth-order valence-electron chi connectivity index (χ4n) is 2.27. The number of nitrogens with one attached hydrogen (secondary N) is 1. The van der Waals surface area contributed by atoms with E-state index < -0.39 is 10.0 Å². The Morgan fingerprint density at radius 2 is 2.19 bits per heavy atom. The first-order valence-corrected chi connectivity index (χ1v) is 8.38. The van der Waals surface area contributed by atoms with Crippen LogP contribution in [-0.2, 0) is 23.2 Å². The highest BCUT2D eigenvalue weighted by atomic mass is 32.2. The second-order valence-corrected chi connectivity index (χ2v) is 6.84. The summed E-state index contributed by atoms with van der Waals surface area (Å²) in [5.74, 6) is 0. The maximum absolute atomic E-state index is 12.4. The molecule has 0 bridgehead atoms. The molecular formula is C13H18N4O3S. The predicted octanol–water partition coefficient (Wildman–Crippen LogP) is 1.33. The van der Waals surface area contributed by atoms with Gasteiger partial charge in [0.25, 0.3) is 10.0 Å². The Balaban J connectivity index is 1.87. The van der Waals surface area contributed by atoms with Crippen LogP contribution in [0.2, 0.25) is 0 Å². The minimum Gasteiger partial charge on any atom is -0.390 e. The predicted molar refractivity (Wildman–Crippen MR) is 77.3 cm³/mol. The van der Waals surface area contributed by atoms with Gasteiger partial charge in [0.2, 0.25) is 0 Å². The topological polar surface area (TPSA) is 89.1 Å². The number of nitrogens with zero attached hydrogens (tertiary/aromatic N) is 3. The zero-order valence-electron chi connectivity index (χ0n) is 11.7. The van der Waals surface area contributed by atoms with Crippen molar-refractivity contribution < 1.29 is 13.5 Å². The van der Waals surface area contributed by atoms with Crippen molar-refractivity contribution >= 4 is 15.7 Å². The van der Waals surface area contributed by atoms with E-state index in [1.54, 1.807) is 17.1 Å². The van der Waals surface area contributed by atoms with Gasteiger partial charge in [0.1, 0.15) is 4.90 Å². The molecule has 0 amide bonds. The number of hydrogen-bond acceptors (Lipinski definition) is 4. The zero-order chi connectivity index (χ0) is 15.0. The molecule has 0 aliphatic heterocycles. The summed E-state index contributed by atoms with van der Waals surface area (Å²) in [6.07, 6.45) is 6.76. The quantitative estimate of drug-likeness (QED) is 0.842. The van der Waals surface area contributed by atoms with Crippen molar-refractivity contribution in [3.8, 4) is 0 Å². The lowest BCUT2D eigenvalue weighted by Crippen LogP contribution is -2.11. The van der Waals surface area contributed by atoms with E-state index in [1.807, 2.05) is 11.5 Å². The van der Waals surface area contributed by atoms with Crippen LogP contribution in [0.3, 0.4) is 0 Å². The van der Waals surface area contributed by atoms with Crippen molar-refractivity contribution in [2.24, 2.45) is 0 Å². The lowest BCUT2D eigenvalue weighted by molar-refractivity contribution is 0.270. The fraction of sp³-hybridized carbons (Fsp3) is 0.462. The second kappa shape index (κ2) is 5.19. The molecule has 0 saturated heterocycles. The number of sulfonamides is 1. The number of hydrogen-bond donors (Lipinski definition) is 2. The number of aromatic nitrogens is 3. The molecule has 0 radical (unpaired) electrons. The van der Waals surface area contributed by atoms with Gasteiger partial charge in [0.05, 0.1) is 18.5 Å². The van der Waals surface area contributed by atoms with Crippen molar-refractivity contribution in [2.75, 3.05) is 4.72 Å². The van der Waals surface area contributed by atoms with Gasteiger partial charge in [-0.15, -0.1) is 0 Å². The Hall–Kier alpha value is -1.80. The van der Waals surface area contributed by atoms with Crippen molar-refractivity contribution in [1.29, 1.82) is 0 Å². The smallest absolute Gasteiger partial charge is 0.263 e. The third-order valence-corrected chi connectivity index (χ3v) is 4.88. The number of aliphatic hydroxyl groups is 1. The van der Waals surface area contributed by atoms with E-state index in [4.69, 9.17) is 0 Å². The number of anilines is 1. The van der Waals surface area contributed by atoms with E-state index in [0.29, 0.717) is 24.0 Å². The van der Waals surface area contributed by atoms with Crippen LogP contribution in [0.5, 0.6) is 0 Å². The van der Waals surface area contributed by atoms with Crippen LogP contribution in [0.25, 0.3) is 0 Å². The van der Waals surface area contributed by atoms with Crippen LogP contribution in [0.15, 0.2) is 29.6 Å². The molecule has 0 atom stereocenters. The number of aryl methyl sites for hydroxylation is 1. The maximum Gasteiger partial charge on any atom is 0.263 e. The van der Waals surface area contributed by atoms with Crippen LogP contribution in [0.1, 0.15) is 31.5 Å². The van der Waals surface area contributed by atoms with Gasteiger partial charge in [-0.1, -0.05) is 0 Å². The highest BCUT2D eigenvalue weighted by Gasteiger charge is 2.28. The van der Waals surface area contributed by atoms with Crippen molar-refractivity contribution in [3.63, 3.8) is 0 Å². The molecule has 8 heteroatoms. The molecule has 2 aromatic rings. The van der Waals surface area contributed by atoms with Gasteiger partial charge in [0, 0.05) is 30.7 Å². The van der Waals surface area contributed by atoms with E-state index >= 15 is 0 Å². The molecule has 21 heavy (non-hydrogen) atoms. The molecule has 1 saturated carbocycles. The summed E-state index contributed by atoms with van der Waals surface area (Å²) in [4.78, 5) is 0.169. The molecule has 1 aliphatic carbocycles. The minimum atomic E-state index is -3.66. The SMILES string of the molecule is CCn1cc(NS(=O)(=O)c2cc(CO)n(C3CC3)c2)cn1. The lowest BCUT2D eigenvalue weighted by Gasteiger charge is -2.04. The zero-order valence-corrected chi connectivity index (χ0v) is 12.5. The summed E-state index contributed by atoms with van der Waals surface area (Å²) >= 11 is 0. The number of aliphatic hydroxyl groups excluding tert-OH is 1. The molecule has 1 aliphatic rings. The van der Waals surface area contributed by atoms with Crippen molar-refractivity contribution in [1.82, 2.24) is 14.3 Å². The summed E-state index contributed by atoms with van der Waals surface area (Å²) in [6.45, 7) is 2.43. The average molecular weight is 310 g/mol. The molecule has 0 aromatic carbocycles. The summed E-state index contributed by atoms with van der Waals surface area (Å²) in [5.41, 5.74) is 1.06. The normalized spacial score (nSPS) is 15.3. The standard InChI is InChI=1S/C13H18N4O3S/c1-2-16-7-10(6-14-16)15-21(19,20)13-5-12(9-18)17(8-13)11-3-4-11/h5-8,11,15,18H,2-4,9H2,1H3. The molecule has 2 heterocycles. The summed E-state index contributed by atoms with van der Waals surface area (Å²) in [5, 5.41) is 13.4. The Morgan fingerprint density at radius 3 is 2.76 bits per heavy atom. The van der Waals surface area contributed by atoms with E-state index in [2.05, 4.69) is 9.82 Å². The Kier molecular flexibility index (Phi) is 3.50. The van der Waals surface area contributed by atoms with E-state index in [-0.39, 0.29) is 11.5 Å². The van der Waals surface area contributed by atoms with Gasteiger partial charge in [-0.3, -0.25) is 9.40 Å². The van der Waals surface area contributed by atoms with Crippen LogP contribution in [-0.4, -0.2) is 27.9 Å². The van der Waals surface area contributed by atoms with Gasteiger partial charge in [0.15, 0.2) is 0 Å². The minimum absolute atomic E-state index is 0.167. The van der Waals surface area contributed by atoms with Crippen LogP contribution >= 0.6 is 0 Å². The Bertz CT molecular complexity index is 743. The van der Waals surface area contributed by atoms with Gasteiger partial charge >= 0.3 is 0 Å². The number of rotatable bonds is 6. The van der Waals surface area contributed by atoms with E-state index in [1.165, 1.54) is 12.3 Å². The highest BCUT2D eigenvalue weighted by molar-refractivity contribution is 7.92. The Labute approximate surface area is 123 Å². The third-order valence-electron chi connectivity index (χ3n) is 3.53. The Morgan fingerprint density at radius 1 is 1.43 bits per heavy atom. The molecule has 0 spiro atoms. The summed E-state index contributed by atoms with van der Waals surface area (Å²) < 4.78 is 30.8. The maximum atomic E-state index is 12.4. The highest BCUT2D eigenvalue weighted by Crippen LogP contribution is 2.37. The largest absolute Gasteiger partial charge is 0.390 e. The van der Waals surface area contributed by atoms with E-state index in [0.717, 1.165) is 12.8 Å². The molecule has 0 unspecified atom stereocenters.